The van der Waals surface area contributed by atoms with Crippen LogP contribution in [-0.4, -0.2) is 44.0 Å². The van der Waals surface area contributed by atoms with Crippen LogP contribution in [0.15, 0.2) is 59.7 Å². The molecule has 0 saturated carbocycles. The summed E-state index contributed by atoms with van der Waals surface area (Å²) in [5.74, 6) is 0.910. The molecule has 2 aromatic rings. The number of hydrogen-bond donors (Lipinski definition) is 1. The fourth-order valence-corrected chi connectivity index (χ4v) is 2.95. The van der Waals surface area contributed by atoms with Crippen LogP contribution in [0.3, 0.4) is 0 Å². The number of hydrogen-bond acceptors (Lipinski definition) is 3. The molecule has 0 spiro atoms. The summed E-state index contributed by atoms with van der Waals surface area (Å²) < 4.78 is 5.46. The van der Waals surface area contributed by atoms with Gasteiger partial charge >= 0.3 is 0 Å². The summed E-state index contributed by atoms with van der Waals surface area (Å²) >= 11 is 0. The van der Waals surface area contributed by atoms with Crippen LogP contribution < -0.4 is 9.64 Å². The molecule has 1 heterocycles. The van der Waals surface area contributed by atoms with Crippen molar-refractivity contribution in [2.45, 2.75) is 13.5 Å². The van der Waals surface area contributed by atoms with Gasteiger partial charge in [-0.1, -0.05) is 30.3 Å². The van der Waals surface area contributed by atoms with Gasteiger partial charge in [0, 0.05) is 5.56 Å². The summed E-state index contributed by atoms with van der Waals surface area (Å²) in [7, 11) is 0. The van der Waals surface area contributed by atoms with E-state index >= 15 is 0 Å². The maximum atomic E-state index is 5.46. The minimum Gasteiger partial charge on any atom is -0.494 e. The monoisotopic (exact) mass is 324 g/mol. The van der Waals surface area contributed by atoms with Gasteiger partial charge in [0.2, 0.25) is 0 Å². The second kappa shape index (κ2) is 8.50. The maximum Gasteiger partial charge on any atom is 0.119 e. The Morgan fingerprint density at radius 1 is 1.04 bits per heavy atom. The van der Waals surface area contributed by atoms with Gasteiger partial charge in [0.15, 0.2) is 0 Å². The van der Waals surface area contributed by atoms with Crippen molar-refractivity contribution in [3.63, 3.8) is 0 Å². The first kappa shape index (κ1) is 16.5. The van der Waals surface area contributed by atoms with Crippen molar-refractivity contribution in [1.82, 2.24) is 5.01 Å². The maximum absolute atomic E-state index is 5.46. The quantitative estimate of drug-likeness (QED) is 0.822. The summed E-state index contributed by atoms with van der Waals surface area (Å²) in [5, 5.41) is 6.80. The molecule has 1 saturated heterocycles. The van der Waals surface area contributed by atoms with Gasteiger partial charge < -0.3 is 9.64 Å². The van der Waals surface area contributed by atoms with Crippen LogP contribution in [0, 0.1) is 0 Å². The molecular formula is C20H26N3O+. The summed E-state index contributed by atoms with van der Waals surface area (Å²) in [6.45, 7) is 8.09. The second-order valence-electron chi connectivity index (χ2n) is 6.11. The molecule has 1 aliphatic heterocycles. The Morgan fingerprint density at radius 3 is 2.42 bits per heavy atom. The van der Waals surface area contributed by atoms with Crippen LogP contribution in [0.2, 0.25) is 0 Å². The number of ether oxygens (including phenoxy) is 1. The highest BCUT2D eigenvalue weighted by Crippen LogP contribution is 2.10. The molecule has 3 rings (SSSR count). The van der Waals surface area contributed by atoms with Gasteiger partial charge in [-0.3, -0.25) is 5.01 Å². The SMILES string of the molecule is CCOc1ccc(/C=N/N2CC[NH+](Cc3ccccc3)CC2)cc1. The molecule has 24 heavy (non-hydrogen) atoms. The first-order valence-corrected chi connectivity index (χ1v) is 8.73. The molecule has 0 aromatic heterocycles. The van der Waals surface area contributed by atoms with Gasteiger partial charge in [0.05, 0.1) is 39.0 Å². The molecule has 1 aliphatic rings. The molecule has 0 amide bonds. The molecule has 0 atom stereocenters. The fraction of sp³-hybridized carbons (Fsp3) is 0.350. The Labute approximate surface area is 144 Å². The molecular weight excluding hydrogens is 298 g/mol. The van der Waals surface area contributed by atoms with Gasteiger partial charge in [-0.15, -0.1) is 0 Å². The second-order valence-corrected chi connectivity index (χ2v) is 6.11. The van der Waals surface area contributed by atoms with E-state index in [0.29, 0.717) is 6.61 Å². The van der Waals surface area contributed by atoms with E-state index in [0.717, 1.165) is 44.0 Å². The largest absolute Gasteiger partial charge is 0.494 e. The van der Waals surface area contributed by atoms with Crippen molar-refractivity contribution < 1.29 is 9.64 Å². The van der Waals surface area contributed by atoms with Crippen LogP contribution >= 0.6 is 0 Å². The first-order chi connectivity index (χ1) is 11.8. The normalized spacial score (nSPS) is 15.8. The molecule has 0 unspecified atom stereocenters. The Bertz CT molecular complexity index is 632. The number of benzene rings is 2. The highest BCUT2D eigenvalue weighted by atomic mass is 16.5. The molecule has 2 aromatic carbocycles. The highest BCUT2D eigenvalue weighted by Gasteiger charge is 2.18. The van der Waals surface area contributed by atoms with E-state index in [2.05, 4.69) is 40.4 Å². The lowest BCUT2D eigenvalue weighted by Crippen LogP contribution is -3.13. The Morgan fingerprint density at radius 2 is 1.75 bits per heavy atom. The highest BCUT2D eigenvalue weighted by molar-refractivity contribution is 5.79. The first-order valence-electron chi connectivity index (χ1n) is 8.73. The molecule has 126 valence electrons. The number of rotatable bonds is 6. The van der Waals surface area contributed by atoms with Crippen molar-refractivity contribution in [3.8, 4) is 5.75 Å². The van der Waals surface area contributed by atoms with Crippen molar-refractivity contribution in [1.29, 1.82) is 0 Å². The minimum absolute atomic E-state index is 0.697. The van der Waals surface area contributed by atoms with E-state index in [9.17, 15) is 0 Å². The zero-order chi connectivity index (χ0) is 16.6. The summed E-state index contributed by atoms with van der Waals surface area (Å²) in [5.41, 5.74) is 2.52. The summed E-state index contributed by atoms with van der Waals surface area (Å²) in [6.07, 6.45) is 1.94. The van der Waals surface area contributed by atoms with E-state index in [1.165, 1.54) is 5.56 Å². The topological polar surface area (TPSA) is 29.3 Å². The smallest absolute Gasteiger partial charge is 0.119 e. The Kier molecular flexibility index (Phi) is 5.85. The third kappa shape index (κ3) is 4.83. The lowest BCUT2D eigenvalue weighted by atomic mass is 10.2. The third-order valence-corrected chi connectivity index (χ3v) is 4.31. The number of nitrogens with zero attached hydrogens (tertiary/aromatic N) is 2. The number of piperazine rings is 1. The van der Waals surface area contributed by atoms with Gasteiger partial charge in [-0.05, 0) is 36.8 Å². The van der Waals surface area contributed by atoms with E-state index in [-0.39, 0.29) is 0 Å². The predicted octanol–water partition coefficient (Wildman–Crippen LogP) is 1.82. The summed E-state index contributed by atoms with van der Waals surface area (Å²) in [6, 6.07) is 18.8. The lowest BCUT2D eigenvalue weighted by Gasteiger charge is -2.30. The van der Waals surface area contributed by atoms with Crippen LogP contribution in [0.25, 0.3) is 0 Å². The van der Waals surface area contributed by atoms with E-state index < -0.39 is 0 Å². The average Bonchev–Trinajstić information content (AvgIpc) is 2.63. The molecule has 1 fully saturated rings. The molecule has 0 radical (unpaired) electrons. The zero-order valence-corrected chi connectivity index (χ0v) is 14.3. The van der Waals surface area contributed by atoms with Gasteiger partial charge in [-0.2, -0.15) is 5.10 Å². The van der Waals surface area contributed by atoms with Gasteiger partial charge in [-0.25, -0.2) is 0 Å². The minimum atomic E-state index is 0.697. The van der Waals surface area contributed by atoms with E-state index in [1.54, 1.807) is 4.90 Å². The van der Waals surface area contributed by atoms with Crippen molar-refractivity contribution in [3.05, 3.63) is 65.7 Å². The van der Waals surface area contributed by atoms with Crippen LogP contribution in [0.1, 0.15) is 18.1 Å². The van der Waals surface area contributed by atoms with E-state index in [4.69, 9.17) is 4.74 Å². The van der Waals surface area contributed by atoms with Crippen molar-refractivity contribution >= 4 is 6.21 Å². The predicted molar refractivity (Wildman–Crippen MR) is 97.6 cm³/mol. The fourth-order valence-electron chi connectivity index (χ4n) is 2.95. The van der Waals surface area contributed by atoms with Crippen LogP contribution in [0.5, 0.6) is 5.75 Å². The third-order valence-electron chi connectivity index (χ3n) is 4.31. The van der Waals surface area contributed by atoms with Crippen molar-refractivity contribution in [2.24, 2.45) is 5.10 Å². The van der Waals surface area contributed by atoms with Gasteiger partial charge in [0.25, 0.3) is 0 Å². The number of nitrogens with one attached hydrogen (secondary N) is 1. The summed E-state index contributed by atoms with van der Waals surface area (Å²) in [4.78, 5) is 1.63. The molecule has 4 nitrogen and oxygen atoms in total. The van der Waals surface area contributed by atoms with E-state index in [1.807, 2.05) is 37.4 Å². The van der Waals surface area contributed by atoms with Crippen molar-refractivity contribution in [2.75, 3.05) is 32.8 Å². The zero-order valence-electron chi connectivity index (χ0n) is 14.3. The number of quaternary nitrogens is 1. The number of hydrazone groups is 1. The lowest BCUT2D eigenvalue weighted by molar-refractivity contribution is -0.918. The Hall–Kier alpha value is -2.33. The standard InChI is InChI=1S/C20H25N3O/c1-2-24-20-10-8-18(9-11-20)16-21-23-14-12-22(13-15-23)17-19-6-4-3-5-7-19/h3-11,16H,2,12-15,17H2,1H3/p+1/b21-16+. The molecule has 0 aliphatic carbocycles. The van der Waals surface area contributed by atoms with Crippen LogP contribution in [-0.2, 0) is 6.54 Å². The Balaban J connectivity index is 1.46. The molecule has 1 N–H and O–H groups in total. The molecule has 0 bridgehead atoms. The van der Waals surface area contributed by atoms with Gasteiger partial charge in [0.1, 0.15) is 12.3 Å². The average molecular weight is 324 g/mol. The molecule has 4 heteroatoms. The van der Waals surface area contributed by atoms with Crippen LogP contribution in [0.4, 0.5) is 0 Å².